The molecule has 0 spiro atoms. The van der Waals surface area contributed by atoms with E-state index in [1.807, 2.05) is 42.2 Å². The first-order chi connectivity index (χ1) is 10.6. The van der Waals surface area contributed by atoms with E-state index < -0.39 is 0 Å². The Morgan fingerprint density at radius 1 is 1.55 bits per heavy atom. The molecule has 1 aliphatic heterocycles. The Kier molecular flexibility index (Phi) is 4.44. The summed E-state index contributed by atoms with van der Waals surface area (Å²) in [7, 11) is 0. The molecule has 7 heteroatoms. The van der Waals surface area contributed by atoms with Gasteiger partial charge in [0.05, 0.1) is 25.0 Å². The van der Waals surface area contributed by atoms with Crippen LogP contribution in [0.1, 0.15) is 30.9 Å². The average Bonchev–Trinajstić information content (AvgIpc) is 3.19. The zero-order valence-electron chi connectivity index (χ0n) is 12.7. The van der Waals surface area contributed by atoms with Crippen molar-refractivity contribution >= 4 is 23.1 Å². The SMILES string of the molecule is CC(C)n1cc(NC(=O)N2CCO[C@@H](c3cccs3)C2)cn1. The Bertz CT molecular complexity index is 623. The Balaban J connectivity index is 1.61. The number of hydrogen-bond acceptors (Lipinski definition) is 4. The van der Waals surface area contributed by atoms with Gasteiger partial charge in [-0.25, -0.2) is 4.79 Å². The topological polar surface area (TPSA) is 59.4 Å². The van der Waals surface area contributed by atoms with Crippen LogP contribution in [0.2, 0.25) is 0 Å². The first-order valence-corrected chi connectivity index (χ1v) is 8.26. The number of urea groups is 1. The molecular weight excluding hydrogens is 300 g/mol. The number of hydrogen-bond donors (Lipinski definition) is 1. The maximum absolute atomic E-state index is 12.4. The fourth-order valence-electron chi connectivity index (χ4n) is 2.37. The molecule has 0 radical (unpaired) electrons. The van der Waals surface area contributed by atoms with Crippen molar-refractivity contribution < 1.29 is 9.53 Å². The van der Waals surface area contributed by atoms with Crippen molar-refractivity contribution in [1.82, 2.24) is 14.7 Å². The third-order valence-corrected chi connectivity index (χ3v) is 4.56. The molecule has 1 fully saturated rings. The van der Waals surface area contributed by atoms with Gasteiger partial charge in [-0.15, -0.1) is 11.3 Å². The molecule has 2 aromatic rings. The summed E-state index contributed by atoms with van der Waals surface area (Å²) in [5, 5.41) is 9.16. The molecule has 3 heterocycles. The summed E-state index contributed by atoms with van der Waals surface area (Å²) in [6.45, 7) is 5.83. The molecule has 0 bridgehead atoms. The Morgan fingerprint density at radius 3 is 3.09 bits per heavy atom. The summed E-state index contributed by atoms with van der Waals surface area (Å²) in [6, 6.07) is 4.22. The zero-order chi connectivity index (χ0) is 15.5. The molecule has 0 unspecified atom stereocenters. The number of amides is 2. The molecule has 1 saturated heterocycles. The quantitative estimate of drug-likeness (QED) is 0.945. The van der Waals surface area contributed by atoms with E-state index in [0.717, 1.165) is 10.6 Å². The molecule has 3 rings (SSSR count). The van der Waals surface area contributed by atoms with Crippen molar-refractivity contribution in [2.75, 3.05) is 25.0 Å². The summed E-state index contributed by atoms with van der Waals surface area (Å²) in [5.41, 5.74) is 0.720. The van der Waals surface area contributed by atoms with Gasteiger partial charge in [-0.2, -0.15) is 5.10 Å². The second-order valence-corrected chi connectivity index (χ2v) is 6.53. The summed E-state index contributed by atoms with van der Waals surface area (Å²) >= 11 is 1.66. The second kappa shape index (κ2) is 6.50. The average molecular weight is 320 g/mol. The maximum atomic E-state index is 12.4. The van der Waals surface area contributed by atoms with Gasteiger partial charge < -0.3 is 15.0 Å². The van der Waals surface area contributed by atoms with Gasteiger partial charge in [0, 0.05) is 23.7 Å². The van der Waals surface area contributed by atoms with E-state index in [1.165, 1.54) is 0 Å². The molecule has 1 atom stereocenters. The molecule has 1 N–H and O–H groups in total. The van der Waals surface area contributed by atoms with E-state index in [1.54, 1.807) is 22.4 Å². The van der Waals surface area contributed by atoms with E-state index in [-0.39, 0.29) is 18.2 Å². The van der Waals surface area contributed by atoms with Gasteiger partial charge in [-0.3, -0.25) is 4.68 Å². The van der Waals surface area contributed by atoms with Crippen molar-refractivity contribution in [2.45, 2.75) is 26.0 Å². The van der Waals surface area contributed by atoms with E-state index in [0.29, 0.717) is 19.7 Å². The van der Waals surface area contributed by atoms with Crippen molar-refractivity contribution in [3.63, 3.8) is 0 Å². The van der Waals surface area contributed by atoms with Gasteiger partial charge in [-0.1, -0.05) is 6.07 Å². The smallest absolute Gasteiger partial charge is 0.322 e. The maximum Gasteiger partial charge on any atom is 0.322 e. The lowest BCUT2D eigenvalue weighted by Gasteiger charge is -2.32. The highest BCUT2D eigenvalue weighted by molar-refractivity contribution is 7.10. The number of thiophene rings is 1. The number of anilines is 1. The first-order valence-electron chi connectivity index (χ1n) is 7.38. The van der Waals surface area contributed by atoms with Gasteiger partial charge in [0.2, 0.25) is 0 Å². The molecule has 22 heavy (non-hydrogen) atoms. The minimum absolute atomic E-state index is 0.0297. The third kappa shape index (κ3) is 3.31. The lowest BCUT2D eigenvalue weighted by Crippen LogP contribution is -2.44. The molecule has 2 aromatic heterocycles. The van der Waals surface area contributed by atoms with E-state index in [9.17, 15) is 4.79 Å². The highest BCUT2D eigenvalue weighted by Gasteiger charge is 2.26. The molecule has 2 amide bonds. The van der Waals surface area contributed by atoms with Crippen molar-refractivity contribution in [1.29, 1.82) is 0 Å². The summed E-state index contributed by atoms with van der Waals surface area (Å²) in [5.74, 6) is 0. The highest BCUT2D eigenvalue weighted by Crippen LogP contribution is 2.26. The number of ether oxygens (including phenoxy) is 1. The van der Waals surface area contributed by atoms with Crippen LogP contribution in [-0.4, -0.2) is 40.4 Å². The van der Waals surface area contributed by atoms with E-state index in [4.69, 9.17) is 4.74 Å². The van der Waals surface area contributed by atoms with Crippen LogP contribution in [0.3, 0.4) is 0 Å². The van der Waals surface area contributed by atoms with Gasteiger partial charge in [0.1, 0.15) is 6.10 Å². The summed E-state index contributed by atoms with van der Waals surface area (Å²) in [6.07, 6.45) is 3.49. The molecule has 6 nitrogen and oxygen atoms in total. The van der Waals surface area contributed by atoms with Crippen LogP contribution in [0.15, 0.2) is 29.9 Å². The lowest BCUT2D eigenvalue weighted by atomic mass is 10.2. The monoisotopic (exact) mass is 320 g/mol. The van der Waals surface area contributed by atoms with Crippen LogP contribution in [0, 0.1) is 0 Å². The largest absolute Gasteiger partial charge is 0.369 e. The van der Waals surface area contributed by atoms with Crippen LogP contribution in [0.4, 0.5) is 10.5 Å². The number of morpholine rings is 1. The minimum atomic E-state index is -0.104. The van der Waals surface area contributed by atoms with Gasteiger partial charge in [0.15, 0.2) is 0 Å². The number of carbonyl (C=O) groups is 1. The molecular formula is C15H20N4O2S. The normalized spacial score (nSPS) is 18.7. The second-order valence-electron chi connectivity index (χ2n) is 5.55. The Morgan fingerprint density at radius 2 is 2.41 bits per heavy atom. The molecule has 0 aromatic carbocycles. The fourth-order valence-corrected chi connectivity index (χ4v) is 3.13. The highest BCUT2D eigenvalue weighted by atomic mass is 32.1. The van der Waals surface area contributed by atoms with Crippen molar-refractivity contribution in [3.8, 4) is 0 Å². The fraction of sp³-hybridized carbons (Fsp3) is 0.467. The van der Waals surface area contributed by atoms with Gasteiger partial charge in [-0.05, 0) is 25.3 Å². The van der Waals surface area contributed by atoms with Crippen LogP contribution < -0.4 is 5.32 Å². The first kappa shape index (κ1) is 15.1. The molecule has 0 saturated carbocycles. The Hall–Kier alpha value is -1.86. The minimum Gasteiger partial charge on any atom is -0.369 e. The molecule has 1 aliphatic rings. The van der Waals surface area contributed by atoms with E-state index >= 15 is 0 Å². The number of nitrogens with one attached hydrogen (secondary N) is 1. The lowest BCUT2D eigenvalue weighted by molar-refractivity contribution is -0.0115. The number of aromatic nitrogens is 2. The number of carbonyl (C=O) groups excluding carboxylic acids is 1. The summed E-state index contributed by atoms with van der Waals surface area (Å²) in [4.78, 5) is 15.3. The van der Waals surface area contributed by atoms with Gasteiger partial charge in [0.25, 0.3) is 0 Å². The van der Waals surface area contributed by atoms with Crippen molar-refractivity contribution in [2.24, 2.45) is 0 Å². The predicted molar refractivity (Wildman–Crippen MR) is 86.2 cm³/mol. The Labute approximate surface area is 133 Å². The van der Waals surface area contributed by atoms with E-state index in [2.05, 4.69) is 10.4 Å². The van der Waals surface area contributed by atoms with Crippen LogP contribution in [0.25, 0.3) is 0 Å². The molecule has 0 aliphatic carbocycles. The predicted octanol–water partition coefficient (Wildman–Crippen LogP) is 3.13. The number of rotatable bonds is 3. The standard InChI is InChI=1S/C15H20N4O2S/c1-11(2)19-9-12(8-16-19)17-15(20)18-5-6-21-13(10-18)14-4-3-7-22-14/h3-4,7-9,11,13H,5-6,10H2,1-2H3,(H,17,20)/t13-/m1/s1. The third-order valence-electron chi connectivity index (χ3n) is 3.60. The van der Waals surface area contributed by atoms with Crippen LogP contribution in [0.5, 0.6) is 0 Å². The van der Waals surface area contributed by atoms with Crippen LogP contribution >= 0.6 is 11.3 Å². The summed E-state index contributed by atoms with van der Waals surface area (Å²) < 4.78 is 7.58. The van der Waals surface area contributed by atoms with Gasteiger partial charge >= 0.3 is 6.03 Å². The molecule has 118 valence electrons. The van der Waals surface area contributed by atoms with Crippen molar-refractivity contribution in [3.05, 3.63) is 34.8 Å². The van der Waals surface area contributed by atoms with Crippen LogP contribution in [-0.2, 0) is 4.74 Å². The zero-order valence-corrected chi connectivity index (χ0v) is 13.5. The number of nitrogens with zero attached hydrogens (tertiary/aromatic N) is 3.